The molecule has 0 heterocycles. The molecule has 1 atom stereocenters. The highest BCUT2D eigenvalue weighted by atomic mass is 35.5. The monoisotopic (exact) mass is 604 g/mol. The molecule has 0 aromatic heterocycles. The molecular formula is C37H33ClN2O4. The SMILES string of the molecule is CC(C)(C)c1ccc(Nc2ccc(Cl)cc2C(=O)N[C@H](C(=O)O)c2ccc(-c3ccccc3Oc3ccccc3)cc2)cc1. The number of anilines is 2. The number of hydrogen-bond acceptors (Lipinski definition) is 4. The van der Waals surface area contributed by atoms with Crippen molar-refractivity contribution in [2.75, 3.05) is 5.32 Å². The van der Waals surface area contributed by atoms with Gasteiger partial charge in [-0.15, -0.1) is 0 Å². The van der Waals surface area contributed by atoms with Crippen molar-refractivity contribution in [1.82, 2.24) is 5.32 Å². The van der Waals surface area contributed by atoms with Gasteiger partial charge in [0.2, 0.25) is 0 Å². The van der Waals surface area contributed by atoms with Gasteiger partial charge in [0, 0.05) is 16.3 Å². The Bertz CT molecular complexity index is 1760. The van der Waals surface area contributed by atoms with Crippen LogP contribution < -0.4 is 15.4 Å². The van der Waals surface area contributed by atoms with Gasteiger partial charge in [-0.25, -0.2) is 4.79 Å². The fourth-order valence-electron chi connectivity index (χ4n) is 4.78. The van der Waals surface area contributed by atoms with Crippen LogP contribution in [0.4, 0.5) is 11.4 Å². The number of carboxylic acids is 1. The van der Waals surface area contributed by atoms with Crippen molar-refractivity contribution in [2.24, 2.45) is 0 Å². The Balaban J connectivity index is 1.36. The standard InChI is InChI=1S/C37H33ClN2O4/c1-37(2,3)26-17-20-28(21-18-26)39-32-22-19-27(38)23-31(32)35(41)40-34(36(42)43)25-15-13-24(14-16-25)30-11-7-8-12-33(30)44-29-9-5-4-6-10-29/h4-23,34,39H,1-3H3,(H,40,41)(H,42,43)/t34-/m0/s1. The van der Waals surface area contributed by atoms with E-state index in [1.165, 1.54) is 11.6 Å². The van der Waals surface area contributed by atoms with Gasteiger partial charge in [-0.2, -0.15) is 0 Å². The molecule has 0 spiro atoms. The molecule has 0 unspecified atom stereocenters. The molecule has 222 valence electrons. The fourth-order valence-corrected chi connectivity index (χ4v) is 4.96. The normalized spacial score (nSPS) is 11.8. The zero-order valence-electron chi connectivity index (χ0n) is 24.7. The summed E-state index contributed by atoms with van der Waals surface area (Å²) in [5.41, 5.74) is 4.82. The van der Waals surface area contributed by atoms with Crippen molar-refractivity contribution in [3.63, 3.8) is 0 Å². The van der Waals surface area contributed by atoms with E-state index in [0.29, 0.717) is 27.8 Å². The van der Waals surface area contributed by atoms with Crippen LogP contribution in [0, 0.1) is 0 Å². The van der Waals surface area contributed by atoms with E-state index in [2.05, 4.69) is 31.4 Å². The van der Waals surface area contributed by atoms with Gasteiger partial charge in [-0.3, -0.25) is 4.79 Å². The molecule has 1 amide bonds. The number of ether oxygens (including phenoxy) is 1. The second-order valence-corrected chi connectivity index (χ2v) is 11.9. The summed E-state index contributed by atoms with van der Waals surface area (Å²) >= 11 is 6.26. The van der Waals surface area contributed by atoms with Gasteiger partial charge in [-0.1, -0.05) is 105 Å². The number of benzene rings is 5. The van der Waals surface area contributed by atoms with Crippen molar-refractivity contribution < 1.29 is 19.4 Å². The van der Waals surface area contributed by atoms with Crippen LogP contribution in [0.15, 0.2) is 121 Å². The number of amides is 1. The van der Waals surface area contributed by atoms with E-state index in [0.717, 1.165) is 16.8 Å². The number of rotatable bonds is 9. The molecule has 0 saturated heterocycles. The molecule has 0 saturated carbocycles. The third kappa shape index (κ3) is 7.28. The van der Waals surface area contributed by atoms with Gasteiger partial charge in [-0.05, 0) is 70.6 Å². The van der Waals surface area contributed by atoms with E-state index >= 15 is 0 Å². The number of para-hydroxylation sites is 2. The molecule has 0 aliphatic heterocycles. The Hall–Kier alpha value is -5.07. The van der Waals surface area contributed by atoms with Crippen molar-refractivity contribution in [2.45, 2.75) is 32.2 Å². The first kappa shape index (κ1) is 30.4. The molecule has 0 aliphatic rings. The molecule has 44 heavy (non-hydrogen) atoms. The minimum Gasteiger partial charge on any atom is -0.479 e. The minimum atomic E-state index is -1.29. The number of carbonyl (C=O) groups excluding carboxylic acids is 1. The Kier molecular flexibility index (Phi) is 9.02. The van der Waals surface area contributed by atoms with Gasteiger partial charge in [0.25, 0.3) is 5.91 Å². The molecule has 5 aromatic rings. The van der Waals surface area contributed by atoms with Crippen molar-refractivity contribution in [1.29, 1.82) is 0 Å². The largest absolute Gasteiger partial charge is 0.479 e. The zero-order valence-corrected chi connectivity index (χ0v) is 25.4. The van der Waals surface area contributed by atoms with Gasteiger partial charge in [0.05, 0.1) is 11.3 Å². The fraction of sp³-hybridized carbons (Fsp3) is 0.135. The van der Waals surface area contributed by atoms with E-state index in [9.17, 15) is 14.7 Å². The number of hydrogen-bond donors (Lipinski definition) is 3. The summed E-state index contributed by atoms with van der Waals surface area (Å²) in [4.78, 5) is 25.9. The number of carbonyl (C=O) groups is 2. The van der Waals surface area contributed by atoms with Gasteiger partial charge < -0.3 is 20.5 Å². The lowest BCUT2D eigenvalue weighted by Crippen LogP contribution is -2.34. The number of nitrogens with one attached hydrogen (secondary N) is 2. The first-order chi connectivity index (χ1) is 21.1. The predicted octanol–water partition coefficient (Wildman–Crippen LogP) is 9.40. The lowest BCUT2D eigenvalue weighted by Gasteiger charge is -2.20. The minimum absolute atomic E-state index is 0.00716. The van der Waals surface area contributed by atoms with Crippen molar-refractivity contribution in [3.8, 4) is 22.6 Å². The third-order valence-corrected chi connectivity index (χ3v) is 7.43. The lowest BCUT2D eigenvalue weighted by molar-refractivity contribution is -0.139. The molecule has 0 bridgehead atoms. The van der Waals surface area contributed by atoms with Crippen molar-refractivity contribution in [3.05, 3.63) is 143 Å². The Morgan fingerprint density at radius 1 is 0.795 bits per heavy atom. The number of carboxylic acid groups (broad SMARTS) is 1. The van der Waals surface area contributed by atoms with Crippen LogP contribution in [-0.4, -0.2) is 17.0 Å². The van der Waals surface area contributed by atoms with Crippen LogP contribution in [-0.2, 0) is 10.2 Å². The summed E-state index contributed by atoms with van der Waals surface area (Å²) in [5, 5.41) is 16.4. The number of halogens is 1. The van der Waals surface area contributed by atoms with Gasteiger partial charge in [0.15, 0.2) is 6.04 Å². The Labute approximate surface area is 262 Å². The van der Waals surface area contributed by atoms with Gasteiger partial charge in [0.1, 0.15) is 11.5 Å². The van der Waals surface area contributed by atoms with Crippen LogP contribution >= 0.6 is 11.6 Å². The molecule has 0 fully saturated rings. The van der Waals surface area contributed by atoms with Gasteiger partial charge >= 0.3 is 5.97 Å². The van der Waals surface area contributed by atoms with E-state index in [-0.39, 0.29) is 11.0 Å². The van der Waals surface area contributed by atoms with E-state index < -0.39 is 17.9 Å². The average molecular weight is 605 g/mol. The van der Waals surface area contributed by atoms with E-state index in [1.807, 2.05) is 91.0 Å². The van der Waals surface area contributed by atoms with E-state index in [4.69, 9.17) is 16.3 Å². The highest BCUT2D eigenvalue weighted by Crippen LogP contribution is 2.34. The highest BCUT2D eigenvalue weighted by Gasteiger charge is 2.25. The molecule has 7 heteroatoms. The second-order valence-electron chi connectivity index (χ2n) is 11.4. The smallest absolute Gasteiger partial charge is 0.330 e. The molecule has 0 aliphatic carbocycles. The quantitative estimate of drug-likeness (QED) is 0.156. The van der Waals surface area contributed by atoms with Crippen LogP contribution in [0.3, 0.4) is 0 Å². The molecule has 0 radical (unpaired) electrons. The summed E-state index contributed by atoms with van der Waals surface area (Å²) in [7, 11) is 0. The number of aliphatic carboxylic acids is 1. The highest BCUT2D eigenvalue weighted by molar-refractivity contribution is 6.31. The molecular weight excluding hydrogens is 572 g/mol. The Morgan fingerprint density at radius 3 is 2.11 bits per heavy atom. The first-order valence-electron chi connectivity index (χ1n) is 14.2. The van der Waals surface area contributed by atoms with Crippen LogP contribution in [0.5, 0.6) is 11.5 Å². The topological polar surface area (TPSA) is 87.7 Å². The molecule has 5 aromatic carbocycles. The molecule has 6 nitrogen and oxygen atoms in total. The van der Waals surface area contributed by atoms with Crippen LogP contribution in [0.25, 0.3) is 11.1 Å². The summed E-state index contributed by atoms with van der Waals surface area (Å²) in [6, 6.07) is 35.7. The molecule has 3 N–H and O–H groups in total. The zero-order chi connectivity index (χ0) is 31.3. The van der Waals surface area contributed by atoms with Crippen molar-refractivity contribution >= 4 is 34.9 Å². The third-order valence-electron chi connectivity index (χ3n) is 7.19. The van der Waals surface area contributed by atoms with Crippen LogP contribution in [0.1, 0.15) is 48.3 Å². The lowest BCUT2D eigenvalue weighted by atomic mass is 9.87. The summed E-state index contributed by atoms with van der Waals surface area (Å²) in [5.74, 6) is -0.377. The average Bonchev–Trinajstić information content (AvgIpc) is 3.01. The summed E-state index contributed by atoms with van der Waals surface area (Å²) in [6.07, 6.45) is 0. The van der Waals surface area contributed by atoms with E-state index in [1.54, 1.807) is 24.3 Å². The maximum atomic E-state index is 13.5. The Morgan fingerprint density at radius 2 is 1.45 bits per heavy atom. The maximum Gasteiger partial charge on any atom is 0.330 e. The second kappa shape index (κ2) is 13.1. The summed E-state index contributed by atoms with van der Waals surface area (Å²) in [6.45, 7) is 6.43. The predicted molar refractivity (Wildman–Crippen MR) is 176 cm³/mol. The first-order valence-corrected chi connectivity index (χ1v) is 14.6. The maximum absolute atomic E-state index is 13.5. The molecule has 5 rings (SSSR count). The summed E-state index contributed by atoms with van der Waals surface area (Å²) < 4.78 is 6.10. The van der Waals surface area contributed by atoms with Crippen LogP contribution in [0.2, 0.25) is 5.02 Å².